The van der Waals surface area contributed by atoms with Gasteiger partial charge < -0.3 is 0 Å². The molecule has 0 spiro atoms. The van der Waals surface area contributed by atoms with Gasteiger partial charge in [0.1, 0.15) is 0 Å². The Kier molecular flexibility index (Phi) is 15.9. The average molecular weight is 409 g/mol. The van der Waals surface area contributed by atoms with Crippen LogP contribution in [0.25, 0.3) is 0 Å². The Labute approximate surface area is 188 Å². The zero-order chi connectivity index (χ0) is 22.9. The van der Waals surface area contributed by atoms with Gasteiger partial charge in [-0.1, -0.05) is 82.5 Å². The van der Waals surface area contributed by atoms with E-state index in [1.807, 2.05) is 0 Å². The second-order valence-electron chi connectivity index (χ2n) is 9.26. The second-order valence-corrected chi connectivity index (χ2v) is 9.26. The fourth-order valence-electron chi connectivity index (χ4n) is 3.14. The molecule has 0 bridgehead atoms. The molecule has 0 nitrogen and oxygen atoms in total. The third-order valence-corrected chi connectivity index (χ3v) is 5.37. The van der Waals surface area contributed by atoms with Crippen molar-refractivity contribution < 1.29 is 0 Å². The molecule has 0 heterocycles. The molecule has 0 rings (SSSR count). The molecule has 0 amide bonds. The summed E-state index contributed by atoms with van der Waals surface area (Å²) in [5.41, 5.74) is 9.68. The predicted octanol–water partition coefficient (Wildman–Crippen LogP) is 10.4. The highest BCUT2D eigenvalue weighted by atomic mass is 14.0. The molecule has 0 aliphatic rings. The summed E-state index contributed by atoms with van der Waals surface area (Å²) in [7, 11) is 0. The van der Waals surface area contributed by atoms with Crippen molar-refractivity contribution in [1.82, 2.24) is 0 Å². The van der Waals surface area contributed by atoms with Crippen LogP contribution in [0, 0.1) is 0 Å². The van der Waals surface area contributed by atoms with Crippen LogP contribution in [0.3, 0.4) is 0 Å². The zero-order valence-electron chi connectivity index (χ0n) is 21.2. The Hall–Kier alpha value is -1.82. The summed E-state index contributed by atoms with van der Waals surface area (Å²) < 4.78 is 0. The minimum absolute atomic E-state index is 0.965. The van der Waals surface area contributed by atoms with Crippen molar-refractivity contribution in [1.29, 1.82) is 0 Å². The Bertz CT molecular complexity index is 678. The van der Waals surface area contributed by atoms with E-state index in [0.29, 0.717) is 0 Å². The maximum atomic E-state index is 4.29. The Morgan fingerprint density at radius 3 is 1.43 bits per heavy atom. The number of rotatable bonds is 15. The molecule has 0 saturated carbocycles. The van der Waals surface area contributed by atoms with Gasteiger partial charge in [-0.3, -0.25) is 0 Å². The molecule has 168 valence electrons. The van der Waals surface area contributed by atoms with Crippen molar-refractivity contribution in [2.24, 2.45) is 0 Å². The van der Waals surface area contributed by atoms with Gasteiger partial charge in [0.05, 0.1) is 0 Å². The molecular formula is C30H48. The van der Waals surface area contributed by atoms with E-state index >= 15 is 0 Å². The highest BCUT2D eigenvalue weighted by Crippen LogP contribution is 2.19. The van der Waals surface area contributed by atoms with Gasteiger partial charge in [0.25, 0.3) is 0 Å². The molecule has 0 unspecified atom stereocenters. The third-order valence-electron chi connectivity index (χ3n) is 5.37. The van der Waals surface area contributed by atoms with Crippen LogP contribution in [-0.2, 0) is 0 Å². The van der Waals surface area contributed by atoms with Crippen LogP contribution in [0.2, 0.25) is 0 Å². The van der Waals surface area contributed by atoms with Crippen LogP contribution in [0.15, 0.2) is 82.5 Å². The lowest BCUT2D eigenvalue weighted by Gasteiger charge is -2.07. The maximum Gasteiger partial charge on any atom is -0.0136 e. The molecule has 0 aromatic carbocycles. The summed E-state index contributed by atoms with van der Waals surface area (Å²) in [6.45, 7) is 23.9. The molecule has 0 aliphatic carbocycles. The van der Waals surface area contributed by atoms with Gasteiger partial charge in [-0.25, -0.2) is 0 Å². The Morgan fingerprint density at radius 2 is 0.967 bits per heavy atom. The molecule has 0 saturated heterocycles. The summed E-state index contributed by atoms with van der Waals surface area (Å²) in [4.78, 5) is 0. The SMILES string of the molecule is C=C(C/C=C(\C)C(=C)CC/C=C(\C)CCC=C(C)C)CC/C=C(\C)CCC=C(C)C. The highest BCUT2D eigenvalue weighted by molar-refractivity contribution is 5.28. The summed E-state index contributed by atoms with van der Waals surface area (Å²) >= 11 is 0. The van der Waals surface area contributed by atoms with Crippen molar-refractivity contribution in [3.8, 4) is 0 Å². The van der Waals surface area contributed by atoms with Crippen LogP contribution in [0.5, 0.6) is 0 Å². The van der Waals surface area contributed by atoms with E-state index in [1.54, 1.807) is 0 Å². The topological polar surface area (TPSA) is 0 Å². The van der Waals surface area contributed by atoms with Gasteiger partial charge in [0.15, 0.2) is 0 Å². The quantitative estimate of drug-likeness (QED) is 0.187. The van der Waals surface area contributed by atoms with E-state index in [0.717, 1.165) is 51.4 Å². The monoisotopic (exact) mass is 408 g/mol. The number of hydrogen-bond donors (Lipinski definition) is 0. The molecule has 0 aliphatic heterocycles. The average Bonchev–Trinajstić information content (AvgIpc) is 2.65. The van der Waals surface area contributed by atoms with E-state index in [1.165, 1.54) is 45.4 Å². The summed E-state index contributed by atoms with van der Waals surface area (Å²) in [6, 6.07) is 0. The van der Waals surface area contributed by atoms with Gasteiger partial charge in [-0.05, 0) is 106 Å². The van der Waals surface area contributed by atoms with Crippen molar-refractivity contribution in [3.05, 3.63) is 82.5 Å². The molecule has 0 atom stereocenters. The van der Waals surface area contributed by atoms with Crippen LogP contribution >= 0.6 is 0 Å². The van der Waals surface area contributed by atoms with Crippen molar-refractivity contribution in [3.63, 3.8) is 0 Å². The lowest BCUT2D eigenvalue weighted by Crippen LogP contribution is -1.87. The first-order valence-corrected chi connectivity index (χ1v) is 11.7. The van der Waals surface area contributed by atoms with E-state index in [2.05, 4.69) is 92.0 Å². The first kappa shape index (κ1) is 28.2. The smallest absolute Gasteiger partial charge is 0.0136 e. The van der Waals surface area contributed by atoms with Crippen LogP contribution in [-0.4, -0.2) is 0 Å². The standard InChI is InChI=1S/C30H48/c1-24(2)14-10-16-26(5)18-12-19-28(7)22-23-30(9)29(8)21-13-20-27(6)17-11-15-25(3)4/h14-15,18,20,23H,7-8,10-13,16-17,19,21-22H2,1-6,9H3/b26-18+,27-20+,30-23+. The first-order chi connectivity index (χ1) is 14.1. The highest BCUT2D eigenvalue weighted by Gasteiger charge is 1.99. The van der Waals surface area contributed by atoms with Crippen molar-refractivity contribution in [2.75, 3.05) is 0 Å². The fraction of sp³-hybridized carbons (Fsp3) is 0.533. The van der Waals surface area contributed by atoms with Gasteiger partial charge in [-0.15, -0.1) is 0 Å². The van der Waals surface area contributed by atoms with Crippen LogP contribution in [0.1, 0.15) is 106 Å². The van der Waals surface area contributed by atoms with Gasteiger partial charge in [-0.2, -0.15) is 0 Å². The van der Waals surface area contributed by atoms with Gasteiger partial charge in [0, 0.05) is 0 Å². The normalized spacial score (nSPS) is 12.6. The molecule has 0 aromatic rings. The molecule has 0 aromatic heterocycles. The third kappa shape index (κ3) is 17.1. The molecular weight excluding hydrogens is 360 g/mol. The lowest BCUT2D eigenvalue weighted by atomic mass is 9.99. The van der Waals surface area contributed by atoms with E-state index in [-0.39, 0.29) is 0 Å². The second kappa shape index (κ2) is 16.9. The maximum absolute atomic E-state index is 4.29. The fourth-order valence-corrected chi connectivity index (χ4v) is 3.14. The number of hydrogen-bond acceptors (Lipinski definition) is 0. The minimum Gasteiger partial charge on any atom is -0.0995 e. The minimum atomic E-state index is 0.965. The first-order valence-electron chi connectivity index (χ1n) is 11.7. The van der Waals surface area contributed by atoms with E-state index < -0.39 is 0 Å². The Morgan fingerprint density at radius 1 is 0.533 bits per heavy atom. The molecule has 30 heavy (non-hydrogen) atoms. The van der Waals surface area contributed by atoms with Crippen LogP contribution < -0.4 is 0 Å². The molecule has 0 radical (unpaired) electrons. The molecule has 0 N–H and O–H groups in total. The predicted molar refractivity (Wildman–Crippen MR) is 140 cm³/mol. The molecule has 0 fully saturated rings. The van der Waals surface area contributed by atoms with Crippen molar-refractivity contribution in [2.45, 2.75) is 106 Å². The van der Waals surface area contributed by atoms with E-state index in [9.17, 15) is 0 Å². The largest absolute Gasteiger partial charge is 0.0995 e. The number of allylic oxidation sites excluding steroid dienone is 12. The lowest BCUT2D eigenvalue weighted by molar-refractivity contribution is 0.901. The zero-order valence-corrected chi connectivity index (χ0v) is 21.2. The van der Waals surface area contributed by atoms with Crippen LogP contribution in [0.4, 0.5) is 0 Å². The summed E-state index contributed by atoms with van der Waals surface area (Å²) in [5.74, 6) is 0. The Balaban J connectivity index is 4.21. The van der Waals surface area contributed by atoms with Gasteiger partial charge >= 0.3 is 0 Å². The van der Waals surface area contributed by atoms with E-state index in [4.69, 9.17) is 0 Å². The summed E-state index contributed by atoms with van der Waals surface area (Å²) in [5, 5.41) is 0. The van der Waals surface area contributed by atoms with Gasteiger partial charge in [0.2, 0.25) is 0 Å². The summed E-state index contributed by atoms with van der Waals surface area (Å²) in [6.07, 6.45) is 21.6. The van der Waals surface area contributed by atoms with Crippen molar-refractivity contribution >= 4 is 0 Å². The molecule has 0 heteroatoms.